The van der Waals surface area contributed by atoms with Crippen LogP contribution in [0.3, 0.4) is 0 Å². The molecule has 3 heterocycles. The molecule has 8 heteroatoms. The summed E-state index contributed by atoms with van der Waals surface area (Å²) >= 11 is 0. The number of ether oxygens (including phenoxy) is 1. The quantitative estimate of drug-likeness (QED) is 0.723. The Bertz CT molecular complexity index is 593. The number of aliphatic imine (C=N–C) groups is 1. The molecule has 0 bridgehead atoms. The number of rotatable bonds is 6. The normalized spacial score (nSPS) is 26.2. The lowest BCUT2D eigenvalue weighted by molar-refractivity contribution is 0.122. The molecule has 24 heavy (non-hydrogen) atoms. The molecule has 2 unspecified atom stereocenters. The molecule has 2 fully saturated rings. The van der Waals surface area contributed by atoms with Crippen molar-refractivity contribution in [3.05, 3.63) is 0 Å². The van der Waals surface area contributed by atoms with Crippen LogP contribution in [0.25, 0.3) is 0 Å². The zero-order chi connectivity index (χ0) is 16.4. The van der Waals surface area contributed by atoms with Crippen LogP contribution >= 0.6 is 0 Å². The van der Waals surface area contributed by atoms with Crippen LogP contribution in [0, 0.1) is 5.92 Å². The zero-order valence-electron chi connectivity index (χ0n) is 14.4. The van der Waals surface area contributed by atoms with Crippen molar-refractivity contribution in [2.45, 2.75) is 31.8 Å². The SMILES string of the molecule is CNCCCNC1CCC2Cn3nc(N4CCOCC4)nc3N=C21. The van der Waals surface area contributed by atoms with Crippen LogP contribution < -0.4 is 15.5 Å². The van der Waals surface area contributed by atoms with Crippen molar-refractivity contribution in [2.75, 3.05) is 51.3 Å². The third-order valence-corrected chi connectivity index (χ3v) is 5.13. The van der Waals surface area contributed by atoms with Gasteiger partial charge in [0, 0.05) is 30.8 Å². The third-order valence-electron chi connectivity index (χ3n) is 5.13. The van der Waals surface area contributed by atoms with Crippen LogP contribution in [0.15, 0.2) is 4.99 Å². The maximum atomic E-state index is 5.41. The van der Waals surface area contributed by atoms with Gasteiger partial charge in [0.2, 0.25) is 11.9 Å². The van der Waals surface area contributed by atoms with Gasteiger partial charge in [-0.1, -0.05) is 0 Å². The number of nitrogens with one attached hydrogen (secondary N) is 2. The van der Waals surface area contributed by atoms with Crippen LogP contribution in [0.1, 0.15) is 19.3 Å². The Labute approximate surface area is 142 Å². The Morgan fingerprint density at radius 1 is 1.21 bits per heavy atom. The summed E-state index contributed by atoms with van der Waals surface area (Å²) < 4.78 is 7.40. The van der Waals surface area contributed by atoms with Gasteiger partial charge in [0.15, 0.2) is 0 Å². The Kier molecular flexibility index (Phi) is 4.77. The number of morpholine rings is 1. The molecule has 2 atom stereocenters. The highest BCUT2D eigenvalue weighted by molar-refractivity contribution is 5.95. The Balaban J connectivity index is 1.45. The Morgan fingerprint density at radius 2 is 2.08 bits per heavy atom. The highest BCUT2D eigenvalue weighted by Crippen LogP contribution is 2.32. The first-order valence-corrected chi connectivity index (χ1v) is 9.09. The second-order valence-corrected chi connectivity index (χ2v) is 6.77. The minimum absolute atomic E-state index is 0.407. The molecule has 0 spiro atoms. The molecule has 2 N–H and O–H groups in total. The van der Waals surface area contributed by atoms with Gasteiger partial charge in [-0.3, -0.25) is 0 Å². The molecule has 132 valence electrons. The second kappa shape index (κ2) is 7.16. The molecule has 2 aliphatic heterocycles. The number of hydrogen-bond acceptors (Lipinski definition) is 7. The lowest BCUT2D eigenvalue weighted by Crippen LogP contribution is -2.38. The van der Waals surface area contributed by atoms with Crippen molar-refractivity contribution in [3.63, 3.8) is 0 Å². The fourth-order valence-corrected chi connectivity index (χ4v) is 3.80. The predicted octanol–water partition coefficient (Wildman–Crippen LogP) is 0.179. The molecule has 0 aromatic carbocycles. The average Bonchev–Trinajstić information content (AvgIpc) is 3.21. The predicted molar refractivity (Wildman–Crippen MR) is 93.2 cm³/mol. The molecule has 0 amide bonds. The summed E-state index contributed by atoms with van der Waals surface area (Å²) in [7, 11) is 2.00. The van der Waals surface area contributed by atoms with Gasteiger partial charge < -0.3 is 20.3 Å². The molecule has 8 nitrogen and oxygen atoms in total. The number of nitrogens with zero attached hydrogens (tertiary/aromatic N) is 5. The maximum Gasteiger partial charge on any atom is 0.249 e. The van der Waals surface area contributed by atoms with Crippen molar-refractivity contribution in [1.82, 2.24) is 25.4 Å². The van der Waals surface area contributed by atoms with E-state index in [4.69, 9.17) is 9.73 Å². The first-order valence-electron chi connectivity index (χ1n) is 9.09. The number of hydrogen-bond donors (Lipinski definition) is 2. The van der Waals surface area contributed by atoms with Crippen LogP contribution in [0.4, 0.5) is 11.9 Å². The van der Waals surface area contributed by atoms with E-state index in [2.05, 4.69) is 25.6 Å². The van der Waals surface area contributed by atoms with E-state index in [1.807, 2.05) is 11.7 Å². The second-order valence-electron chi connectivity index (χ2n) is 6.77. The zero-order valence-corrected chi connectivity index (χ0v) is 14.4. The Morgan fingerprint density at radius 3 is 2.92 bits per heavy atom. The maximum absolute atomic E-state index is 5.41. The standard InChI is InChI=1S/C16H27N7O/c1-17-5-2-6-18-13-4-3-12-11-23-15(19-14(12)13)20-16(21-23)22-7-9-24-10-8-22/h12-13,17-18H,2-11H2,1H3. The van der Waals surface area contributed by atoms with Crippen LogP contribution in [0.2, 0.25) is 0 Å². The summed E-state index contributed by atoms with van der Waals surface area (Å²) in [6.07, 6.45) is 3.50. The van der Waals surface area contributed by atoms with Crippen LogP contribution in [0.5, 0.6) is 0 Å². The Hall–Kier alpha value is -1.51. The first kappa shape index (κ1) is 16.0. The van der Waals surface area contributed by atoms with E-state index in [-0.39, 0.29) is 0 Å². The summed E-state index contributed by atoms with van der Waals surface area (Å²) in [6.45, 7) is 6.22. The number of fused-ring (bicyclic) bond motifs is 2. The van der Waals surface area contributed by atoms with Gasteiger partial charge in [0.1, 0.15) is 0 Å². The van der Waals surface area contributed by atoms with E-state index in [1.165, 1.54) is 18.6 Å². The van der Waals surface area contributed by atoms with Gasteiger partial charge in [-0.05, 0) is 39.4 Å². The summed E-state index contributed by atoms with van der Waals surface area (Å²) in [5.41, 5.74) is 1.29. The monoisotopic (exact) mass is 333 g/mol. The van der Waals surface area contributed by atoms with E-state index >= 15 is 0 Å². The van der Waals surface area contributed by atoms with Gasteiger partial charge in [-0.2, -0.15) is 4.98 Å². The molecular formula is C16H27N7O. The van der Waals surface area contributed by atoms with Crippen molar-refractivity contribution < 1.29 is 4.74 Å². The summed E-state index contributed by atoms with van der Waals surface area (Å²) in [5.74, 6) is 2.08. The van der Waals surface area contributed by atoms with Crippen LogP contribution in [-0.4, -0.2) is 73.0 Å². The lowest BCUT2D eigenvalue weighted by atomic mass is 10.0. The molecule has 3 aliphatic rings. The first-order chi connectivity index (χ1) is 11.8. The molecule has 0 radical (unpaired) electrons. The lowest BCUT2D eigenvalue weighted by Gasteiger charge is -2.25. The molecule has 1 aliphatic carbocycles. The van der Waals surface area contributed by atoms with Gasteiger partial charge in [0.25, 0.3) is 0 Å². The topological polar surface area (TPSA) is 79.6 Å². The minimum atomic E-state index is 0.407. The molecule has 1 aromatic heterocycles. The van der Waals surface area contributed by atoms with Gasteiger partial charge in [-0.25, -0.2) is 9.67 Å². The number of aromatic nitrogens is 3. The van der Waals surface area contributed by atoms with E-state index in [1.54, 1.807) is 0 Å². The van der Waals surface area contributed by atoms with Crippen molar-refractivity contribution in [1.29, 1.82) is 0 Å². The molecule has 1 saturated carbocycles. The van der Waals surface area contributed by atoms with E-state index in [0.717, 1.165) is 64.3 Å². The smallest absolute Gasteiger partial charge is 0.249 e. The highest BCUT2D eigenvalue weighted by Gasteiger charge is 2.36. The molecule has 4 rings (SSSR count). The van der Waals surface area contributed by atoms with Crippen molar-refractivity contribution in [2.24, 2.45) is 10.9 Å². The fraction of sp³-hybridized carbons (Fsp3) is 0.812. The number of anilines is 1. The van der Waals surface area contributed by atoms with Gasteiger partial charge >= 0.3 is 0 Å². The van der Waals surface area contributed by atoms with Gasteiger partial charge in [0.05, 0.1) is 19.8 Å². The minimum Gasteiger partial charge on any atom is -0.378 e. The fourth-order valence-electron chi connectivity index (χ4n) is 3.80. The summed E-state index contributed by atoms with van der Waals surface area (Å²) in [5, 5.41) is 11.5. The summed E-state index contributed by atoms with van der Waals surface area (Å²) in [4.78, 5) is 11.7. The van der Waals surface area contributed by atoms with E-state index in [9.17, 15) is 0 Å². The van der Waals surface area contributed by atoms with Crippen LogP contribution in [-0.2, 0) is 11.3 Å². The van der Waals surface area contributed by atoms with Gasteiger partial charge in [-0.15, -0.1) is 5.10 Å². The molecule has 1 saturated heterocycles. The van der Waals surface area contributed by atoms with Crippen molar-refractivity contribution in [3.8, 4) is 0 Å². The van der Waals surface area contributed by atoms with E-state index in [0.29, 0.717) is 12.0 Å². The highest BCUT2D eigenvalue weighted by atomic mass is 16.5. The van der Waals surface area contributed by atoms with E-state index < -0.39 is 0 Å². The molecular weight excluding hydrogens is 306 g/mol. The third kappa shape index (κ3) is 3.18. The largest absolute Gasteiger partial charge is 0.378 e. The average molecular weight is 333 g/mol. The summed E-state index contributed by atoms with van der Waals surface area (Å²) in [6, 6.07) is 0.407. The molecule has 1 aromatic rings. The van der Waals surface area contributed by atoms with Crippen molar-refractivity contribution >= 4 is 17.6 Å².